The van der Waals surface area contributed by atoms with Crippen LogP contribution in [-0.2, 0) is 4.79 Å². The molecular weight excluding hydrogens is 248 g/mol. The van der Waals surface area contributed by atoms with Gasteiger partial charge in [0.15, 0.2) is 0 Å². The SMILES string of the molecule is Cc1ccc(S)cc1C(=O)N1CCCNC(=O)C1. The van der Waals surface area contributed by atoms with Crippen LogP contribution in [0.2, 0.25) is 0 Å². The van der Waals surface area contributed by atoms with Crippen molar-refractivity contribution < 1.29 is 9.59 Å². The summed E-state index contributed by atoms with van der Waals surface area (Å²) in [7, 11) is 0. The average molecular weight is 264 g/mol. The van der Waals surface area contributed by atoms with Crippen LogP contribution in [0.25, 0.3) is 0 Å². The van der Waals surface area contributed by atoms with Gasteiger partial charge in [0.05, 0.1) is 6.54 Å². The standard InChI is InChI=1S/C13H16N2O2S/c1-9-3-4-10(18)7-11(9)13(17)15-6-2-5-14-12(16)8-15/h3-4,7,18H,2,5-6,8H2,1H3,(H,14,16). The highest BCUT2D eigenvalue weighted by atomic mass is 32.1. The molecule has 0 atom stereocenters. The van der Waals surface area contributed by atoms with Crippen molar-refractivity contribution >= 4 is 24.4 Å². The Morgan fingerprint density at radius 2 is 2.22 bits per heavy atom. The number of benzene rings is 1. The summed E-state index contributed by atoms with van der Waals surface area (Å²) in [5, 5.41) is 2.76. The number of nitrogens with zero attached hydrogens (tertiary/aromatic N) is 1. The Bertz CT molecular complexity index is 488. The molecule has 96 valence electrons. The van der Waals surface area contributed by atoms with Gasteiger partial charge in [-0.3, -0.25) is 9.59 Å². The molecule has 2 rings (SSSR count). The highest BCUT2D eigenvalue weighted by Crippen LogP contribution is 2.16. The predicted molar refractivity (Wildman–Crippen MR) is 72.0 cm³/mol. The minimum Gasteiger partial charge on any atom is -0.354 e. The average Bonchev–Trinajstić information content (AvgIpc) is 2.56. The smallest absolute Gasteiger partial charge is 0.254 e. The molecule has 0 unspecified atom stereocenters. The fourth-order valence-corrected chi connectivity index (χ4v) is 2.19. The molecule has 1 aromatic rings. The number of rotatable bonds is 1. The molecule has 0 aromatic heterocycles. The summed E-state index contributed by atoms with van der Waals surface area (Å²) in [6.45, 7) is 3.26. The van der Waals surface area contributed by atoms with Crippen molar-refractivity contribution in [1.82, 2.24) is 10.2 Å². The highest BCUT2D eigenvalue weighted by molar-refractivity contribution is 7.80. The van der Waals surface area contributed by atoms with E-state index in [0.717, 1.165) is 16.9 Å². The lowest BCUT2D eigenvalue weighted by molar-refractivity contribution is -0.121. The zero-order valence-corrected chi connectivity index (χ0v) is 11.2. The van der Waals surface area contributed by atoms with Gasteiger partial charge >= 0.3 is 0 Å². The number of nitrogens with one attached hydrogen (secondary N) is 1. The quantitative estimate of drug-likeness (QED) is 0.750. The summed E-state index contributed by atoms with van der Waals surface area (Å²) in [6.07, 6.45) is 0.789. The maximum absolute atomic E-state index is 12.4. The number of thiol groups is 1. The van der Waals surface area contributed by atoms with E-state index in [0.29, 0.717) is 18.7 Å². The van der Waals surface area contributed by atoms with Crippen molar-refractivity contribution in [2.45, 2.75) is 18.2 Å². The van der Waals surface area contributed by atoms with Crippen molar-refractivity contribution in [1.29, 1.82) is 0 Å². The van der Waals surface area contributed by atoms with Gasteiger partial charge in [-0.1, -0.05) is 6.07 Å². The molecule has 5 heteroatoms. The van der Waals surface area contributed by atoms with Crippen molar-refractivity contribution in [3.05, 3.63) is 29.3 Å². The molecule has 4 nitrogen and oxygen atoms in total. The molecule has 1 aliphatic heterocycles. The maximum atomic E-state index is 12.4. The van der Waals surface area contributed by atoms with E-state index < -0.39 is 0 Å². The second kappa shape index (κ2) is 5.44. The monoisotopic (exact) mass is 264 g/mol. The molecule has 1 aromatic carbocycles. The fraction of sp³-hybridized carbons (Fsp3) is 0.385. The number of aryl methyl sites for hydroxylation is 1. The molecule has 18 heavy (non-hydrogen) atoms. The third-order valence-corrected chi connectivity index (χ3v) is 3.28. The van der Waals surface area contributed by atoms with Crippen LogP contribution in [0.4, 0.5) is 0 Å². The minimum atomic E-state index is -0.0968. The Balaban J connectivity index is 2.24. The molecule has 1 saturated heterocycles. The van der Waals surface area contributed by atoms with Gasteiger partial charge in [0.1, 0.15) is 0 Å². The van der Waals surface area contributed by atoms with Gasteiger partial charge in [0.2, 0.25) is 5.91 Å². The summed E-state index contributed by atoms with van der Waals surface area (Å²) in [4.78, 5) is 26.2. The van der Waals surface area contributed by atoms with Crippen molar-refractivity contribution in [3.8, 4) is 0 Å². The molecule has 1 N–H and O–H groups in total. The van der Waals surface area contributed by atoms with Crippen LogP contribution < -0.4 is 5.32 Å². The topological polar surface area (TPSA) is 49.4 Å². The van der Waals surface area contributed by atoms with Gasteiger partial charge in [0.25, 0.3) is 5.91 Å². The summed E-state index contributed by atoms with van der Waals surface area (Å²) in [6, 6.07) is 5.47. The second-order valence-corrected chi connectivity index (χ2v) is 4.95. The first-order chi connectivity index (χ1) is 8.58. The van der Waals surface area contributed by atoms with Gasteiger partial charge in [-0.15, -0.1) is 12.6 Å². The van der Waals surface area contributed by atoms with Crippen LogP contribution in [0.15, 0.2) is 23.1 Å². The van der Waals surface area contributed by atoms with E-state index in [9.17, 15) is 9.59 Å². The number of carbonyl (C=O) groups is 2. The first kappa shape index (κ1) is 13.0. The number of hydrogen-bond donors (Lipinski definition) is 2. The zero-order chi connectivity index (χ0) is 13.1. The van der Waals surface area contributed by atoms with Crippen LogP contribution in [0.3, 0.4) is 0 Å². The predicted octanol–water partition coefficient (Wildman–Crippen LogP) is 1.25. The van der Waals surface area contributed by atoms with Crippen LogP contribution >= 0.6 is 12.6 Å². The van der Waals surface area contributed by atoms with Gasteiger partial charge < -0.3 is 10.2 Å². The van der Waals surface area contributed by atoms with E-state index in [2.05, 4.69) is 17.9 Å². The van der Waals surface area contributed by atoms with E-state index in [4.69, 9.17) is 0 Å². The van der Waals surface area contributed by atoms with E-state index >= 15 is 0 Å². The number of amides is 2. The van der Waals surface area contributed by atoms with Crippen molar-refractivity contribution in [2.75, 3.05) is 19.6 Å². The molecule has 1 fully saturated rings. The molecule has 0 saturated carbocycles. The summed E-state index contributed by atoms with van der Waals surface area (Å²) >= 11 is 4.25. The van der Waals surface area contributed by atoms with Crippen LogP contribution in [-0.4, -0.2) is 36.3 Å². The normalized spacial score (nSPS) is 16.1. The van der Waals surface area contributed by atoms with Crippen LogP contribution in [0, 0.1) is 6.92 Å². The van der Waals surface area contributed by atoms with Crippen molar-refractivity contribution in [3.63, 3.8) is 0 Å². The Morgan fingerprint density at radius 3 is 3.00 bits per heavy atom. The third-order valence-electron chi connectivity index (χ3n) is 3.00. The maximum Gasteiger partial charge on any atom is 0.254 e. The Labute approximate surface area is 112 Å². The second-order valence-electron chi connectivity index (χ2n) is 4.43. The molecule has 0 spiro atoms. The number of hydrogen-bond acceptors (Lipinski definition) is 3. The third kappa shape index (κ3) is 2.85. The van der Waals surface area contributed by atoms with Gasteiger partial charge in [-0.25, -0.2) is 0 Å². The Hall–Kier alpha value is -1.49. The fourth-order valence-electron chi connectivity index (χ4n) is 1.99. The van der Waals surface area contributed by atoms with Crippen LogP contribution in [0.5, 0.6) is 0 Å². The zero-order valence-electron chi connectivity index (χ0n) is 10.3. The lowest BCUT2D eigenvalue weighted by Gasteiger charge is -2.20. The molecule has 0 radical (unpaired) electrons. The molecule has 0 bridgehead atoms. The first-order valence-corrected chi connectivity index (χ1v) is 6.38. The summed E-state index contributed by atoms with van der Waals surface area (Å²) in [5.41, 5.74) is 1.53. The van der Waals surface area contributed by atoms with Crippen molar-refractivity contribution in [2.24, 2.45) is 0 Å². The van der Waals surface area contributed by atoms with E-state index in [1.54, 1.807) is 11.0 Å². The summed E-state index contributed by atoms with van der Waals surface area (Å²) < 4.78 is 0. The minimum absolute atomic E-state index is 0.0967. The van der Waals surface area contributed by atoms with E-state index in [-0.39, 0.29) is 18.4 Å². The molecular formula is C13H16N2O2S. The van der Waals surface area contributed by atoms with E-state index in [1.165, 1.54) is 0 Å². The van der Waals surface area contributed by atoms with Gasteiger partial charge in [-0.2, -0.15) is 0 Å². The molecule has 0 aliphatic carbocycles. The first-order valence-electron chi connectivity index (χ1n) is 5.93. The summed E-state index contributed by atoms with van der Waals surface area (Å²) in [5.74, 6) is -0.194. The molecule has 1 aliphatic rings. The van der Waals surface area contributed by atoms with Gasteiger partial charge in [-0.05, 0) is 31.0 Å². The lowest BCUT2D eigenvalue weighted by Crippen LogP contribution is -2.37. The molecule has 2 amide bonds. The highest BCUT2D eigenvalue weighted by Gasteiger charge is 2.22. The van der Waals surface area contributed by atoms with Gasteiger partial charge in [0, 0.05) is 23.5 Å². The van der Waals surface area contributed by atoms with Crippen LogP contribution in [0.1, 0.15) is 22.3 Å². The van der Waals surface area contributed by atoms with E-state index in [1.807, 2.05) is 19.1 Å². The Kier molecular flexibility index (Phi) is 3.91. The lowest BCUT2D eigenvalue weighted by atomic mass is 10.1. The Morgan fingerprint density at radius 1 is 1.44 bits per heavy atom. The largest absolute Gasteiger partial charge is 0.354 e. The molecule has 1 heterocycles. The number of carbonyl (C=O) groups excluding carboxylic acids is 2.